The van der Waals surface area contributed by atoms with Crippen LogP contribution in [-0.4, -0.2) is 32.4 Å². The fourth-order valence-corrected chi connectivity index (χ4v) is 3.68. The van der Waals surface area contributed by atoms with Gasteiger partial charge in [0.1, 0.15) is 11.5 Å². The van der Waals surface area contributed by atoms with Crippen LogP contribution in [0.1, 0.15) is 11.1 Å². The maximum Gasteiger partial charge on any atom is 0.328 e. The summed E-state index contributed by atoms with van der Waals surface area (Å²) in [5.74, 6) is -1.47. The minimum Gasteiger partial charge on any atom is -0.506 e. The summed E-state index contributed by atoms with van der Waals surface area (Å²) < 4.78 is 0. The number of benzene rings is 4. The Morgan fingerprint density at radius 1 is 0.615 bits per heavy atom. The molecule has 0 saturated heterocycles. The average Bonchev–Trinajstić information content (AvgIpc) is 2.94. The van der Waals surface area contributed by atoms with Crippen LogP contribution < -0.4 is 5.48 Å². The van der Waals surface area contributed by atoms with Gasteiger partial charge in [-0.25, -0.2) is 10.3 Å². The molecule has 9 heteroatoms. The number of amides is 1. The highest BCUT2D eigenvalue weighted by Crippen LogP contribution is 2.30. The number of hydrogen-bond acceptors (Lipinski definition) is 5. The molecule has 39 heavy (non-hydrogen) atoms. The molecule has 0 fully saturated rings. The molecule has 0 saturated carbocycles. The third-order valence-electron chi connectivity index (χ3n) is 5.34. The van der Waals surface area contributed by atoms with Gasteiger partial charge in [-0.15, -0.1) is 0 Å². The van der Waals surface area contributed by atoms with E-state index in [0.29, 0.717) is 10.0 Å². The first-order valence-corrected chi connectivity index (χ1v) is 12.1. The Kier molecular flexibility index (Phi) is 10.3. The Bertz CT molecular complexity index is 1510. The number of hydrogen-bond donors (Lipinski definition) is 5. The Morgan fingerprint density at radius 2 is 1.00 bits per heavy atom. The molecule has 4 aromatic carbocycles. The molecule has 198 valence electrons. The monoisotopic (exact) mass is 563 g/mol. The molecule has 0 aromatic heterocycles. The Labute approximate surface area is 234 Å². The third kappa shape index (κ3) is 8.76. The first-order chi connectivity index (χ1) is 18.7. The number of phenolic OH excluding ortho intramolecular Hbond substituents is 2. The number of rotatable bonds is 6. The highest BCUT2D eigenvalue weighted by molar-refractivity contribution is 6.32. The molecule has 0 radical (unpaired) electrons. The van der Waals surface area contributed by atoms with Gasteiger partial charge in [0.15, 0.2) is 0 Å². The largest absolute Gasteiger partial charge is 0.506 e. The molecule has 0 atom stereocenters. The molecule has 0 heterocycles. The summed E-state index contributed by atoms with van der Waals surface area (Å²) in [7, 11) is 0. The summed E-state index contributed by atoms with van der Waals surface area (Å²) in [4.78, 5) is 21.3. The van der Waals surface area contributed by atoms with E-state index in [-0.39, 0.29) is 11.5 Å². The molecule has 1 amide bonds. The molecule has 0 aliphatic rings. The second-order valence-electron chi connectivity index (χ2n) is 8.06. The number of carboxylic acids is 1. The van der Waals surface area contributed by atoms with Crippen LogP contribution in [0.3, 0.4) is 0 Å². The van der Waals surface area contributed by atoms with Crippen LogP contribution in [0.5, 0.6) is 11.5 Å². The Balaban J connectivity index is 0.000000216. The van der Waals surface area contributed by atoms with Gasteiger partial charge < -0.3 is 15.3 Å². The maximum absolute atomic E-state index is 10.9. The lowest BCUT2D eigenvalue weighted by atomic mass is 10.0. The van der Waals surface area contributed by atoms with E-state index in [0.717, 1.165) is 39.5 Å². The zero-order valence-electron chi connectivity index (χ0n) is 20.3. The van der Waals surface area contributed by atoms with Crippen LogP contribution in [0.2, 0.25) is 10.0 Å². The normalized spacial score (nSPS) is 10.7. The molecule has 0 bridgehead atoms. The molecule has 4 rings (SSSR count). The SMILES string of the molecule is O=C(/C=C/c1ccc(-c2ccc(O)c(Cl)c2)cc1)NO.O=C(O)/C=C/c1ccc(-c2ccc(O)c(Cl)c2)cc1. The van der Waals surface area contributed by atoms with Crippen molar-refractivity contribution in [3.8, 4) is 33.8 Å². The summed E-state index contributed by atoms with van der Waals surface area (Å²) in [5.41, 5.74) is 6.79. The standard InChI is InChI=1S/C15H12ClNO3.C15H11ClO3/c16-13-9-12(6-7-14(13)18)11-4-1-10(2-5-11)3-8-15(19)17-20;16-13-9-12(6-7-14(13)17)11-4-1-10(2-5-11)3-8-15(18)19/h1-9,18,20H,(H,17,19);1-9,17H,(H,18,19)/b2*8-3+. The summed E-state index contributed by atoms with van der Waals surface area (Å²) in [6.45, 7) is 0. The lowest BCUT2D eigenvalue weighted by Crippen LogP contribution is -2.14. The molecule has 0 aliphatic carbocycles. The maximum atomic E-state index is 10.9. The van der Waals surface area contributed by atoms with Gasteiger partial charge in [0.25, 0.3) is 5.91 Å². The van der Waals surface area contributed by atoms with Crippen molar-refractivity contribution in [2.24, 2.45) is 0 Å². The van der Waals surface area contributed by atoms with Crippen LogP contribution in [0.25, 0.3) is 34.4 Å². The number of carbonyl (C=O) groups is 2. The number of nitrogens with one attached hydrogen (secondary N) is 1. The molecule has 0 aliphatic heterocycles. The molecule has 5 N–H and O–H groups in total. The lowest BCUT2D eigenvalue weighted by Gasteiger charge is -2.04. The number of carboxylic acid groups (broad SMARTS) is 1. The molecular formula is C30H23Cl2NO6. The van der Waals surface area contributed by atoms with Crippen LogP contribution in [0.15, 0.2) is 97.1 Å². The Morgan fingerprint density at radius 3 is 1.36 bits per heavy atom. The second kappa shape index (κ2) is 13.8. The van der Waals surface area contributed by atoms with E-state index in [9.17, 15) is 19.8 Å². The van der Waals surface area contributed by atoms with Gasteiger partial charge >= 0.3 is 5.97 Å². The number of carbonyl (C=O) groups excluding carboxylic acids is 1. The summed E-state index contributed by atoms with van der Waals surface area (Å²) in [6.07, 6.45) is 5.42. The smallest absolute Gasteiger partial charge is 0.328 e. The van der Waals surface area contributed by atoms with Crippen LogP contribution >= 0.6 is 23.2 Å². The van der Waals surface area contributed by atoms with Gasteiger partial charge in [-0.2, -0.15) is 0 Å². The van der Waals surface area contributed by atoms with Crippen LogP contribution in [0.4, 0.5) is 0 Å². The van der Waals surface area contributed by atoms with Crippen molar-refractivity contribution in [3.63, 3.8) is 0 Å². The third-order valence-corrected chi connectivity index (χ3v) is 5.94. The summed E-state index contributed by atoms with van der Waals surface area (Å²) in [5, 5.41) is 36.2. The highest BCUT2D eigenvalue weighted by Gasteiger charge is 2.03. The highest BCUT2D eigenvalue weighted by atomic mass is 35.5. The number of aliphatic carboxylic acids is 1. The Hall–Kier alpha value is -4.56. The van der Waals surface area contributed by atoms with E-state index < -0.39 is 11.9 Å². The van der Waals surface area contributed by atoms with Crippen LogP contribution in [-0.2, 0) is 9.59 Å². The summed E-state index contributed by atoms with van der Waals surface area (Å²) >= 11 is 11.7. The van der Waals surface area contributed by atoms with E-state index in [2.05, 4.69) is 0 Å². The van der Waals surface area contributed by atoms with E-state index >= 15 is 0 Å². The predicted molar refractivity (Wildman–Crippen MR) is 153 cm³/mol. The van der Waals surface area contributed by atoms with E-state index in [1.807, 2.05) is 48.5 Å². The number of halogens is 2. The fraction of sp³-hybridized carbons (Fsp3) is 0. The quantitative estimate of drug-likeness (QED) is 0.0971. The van der Waals surface area contributed by atoms with Crippen molar-refractivity contribution in [1.82, 2.24) is 5.48 Å². The van der Waals surface area contributed by atoms with Crippen molar-refractivity contribution in [3.05, 3.63) is 118 Å². The molecule has 0 spiro atoms. The number of phenols is 2. The predicted octanol–water partition coefficient (Wildman–Crippen LogP) is 7.04. The first kappa shape index (κ1) is 29.0. The fourth-order valence-electron chi connectivity index (χ4n) is 3.32. The minimum absolute atomic E-state index is 0.0463. The van der Waals surface area contributed by atoms with Crippen molar-refractivity contribution in [2.75, 3.05) is 0 Å². The zero-order chi connectivity index (χ0) is 28.4. The number of hydroxylamine groups is 1. The van der Waals surface area contributed by atoms with E-state index in [1.54, 1.807) is 30.3 Å². The topological polar surface area (TPSA) is 127 Å². The lowest BCUT2D eigenvalue weighted by molar-refractivity contribution is -0.131. The number of aromatic hydroxyl groups is 2. The van der Waals surface area contributed by atoms with Gasteiger partial charge in [0.2, 0.25) is 0 Å². The van der Waals surface area contributed by atoms with Gasteiger partial charge in [-0.3, -0.25) is 10.0 Å². The van der Waals surface area contributed by atoms with Gasteiger partial charge in [0, 0.05) is 12.2 Å². The molecule has 4 aromatic rings. The van der Waals surface area contributed by atoms with E-state index in [1.165, 1.54) is 29.8 Å². The van der Waals surface area contributed by atoms with Crippen molar-refractivity contribution in [1.29, 1.82) is 0 Å². The second-order valence-corrected chi connectivity index (χ2v) is 8.87. The average molecular weight is 564 g/mol. The zero-order valence-corrected chi connectivity index (χ0v) is 21.8. The van der Waals surface area contributed by atoms with Gasteiger partial charge in [-0.1, -0.05) is 83.9 Å². The van der Waals surface area contributed by atoms with Crippen molar-refractivity contribution < 1.29 is 30.1 Å². The minimum atomic E-state index is -0.977. The van der Waals surface area contributed by atoms with Crippen molar-refractivity contribution in [2.45, 2.75) is 0 Å². The molecular weight excluding hydrogens is 541 g/mol. The van der Waals surface area contributed by atoms with Crippen LogP contribution in [0, 0.1) is 0 Å². The molecule has 7 nitrogen and oxygen atoms in total. The van der Waals surface area contributed by atoms with E-state index in [4.69, 9.17) is 33.5 Å². The van der Waals surface area contributed by atoms with Gasteiger partial charge in [0.05, 0.1) is 10.0 Å². The first-order valence-electron chi connectivity index (χ1n) is 11.4. The van der Waals surface area contributed by atoms with Crippen molar-refractivity contribution >= 4 is 47.2 Å². The molecule has 0 unspecified atom stereocenters. The van der Waals surface area contributed by atoms with Gasteiger partial charge in [-0.05, 0) is 69.8 Å². The summed E-state index contributed by atoms with van der Waals surface area (Å²) in [6, 6.07) is 24.7.